The summed E-state index contributed by atoms with van der Waals surface area (Å²) in [4.78, 5) is 21.7. The number of amides is 1. The van der Waals surface area contributed by atoms with Gasteiger partial charge in [-0.2, -0.15) is 5.10 Å². The number of hydrogen-bond acceptors (Lipinski definition) is 8. The van der Waals surface area contributed by atoms with E-state index in [1.165, 1.54) is 0 Å². The molecule has 0 radical (unpaired) electrons. The predicted octanol–water partition coefficient (Wildman–Crippen LogP) is 1.07. The topological polar surface area (TPSA) is 100 Å². The van der Waals surface area contributed by atoms with Crippen molar-refractivity contribution in [3.05, 3.63) is 27.8 Å². The number of carbonyl (C=O) groups is 1. The normalized spacial score (nSPS) is 22.4. The van der Waals surface area contributed by atoms with Crippen LogP contribution in [0.1, 0.15) is 28.9 Å². The molecule has 0 aliphatic carbocycles. The molecule has 4 rings (SSSR count). The fourth-order valence-corrected chi connectivity index (χ4v) is 6.35. The lowest BCUT2D eigenvalue weighted by atomic mass is 10.2. The van der Waals surface area contributed by atoms with E-state index in [1.54, 1.807) is 22.1 Å². The molecule has 11 heteroatoms. The Morgan fingerprint density at radius 1 is 1.23 bits per heavy atom. The number of nitrogens with zero attached hydrogens (tertiary/aromatic N) is 5. The number of aryl methyl sites for hydroxylation is 2. The summed E-state index contributed by atoms with van der Waals surface area (Å²) in [5.74, 6) is 0.740. The standard InChI is InChI=1S/C19H28N6O3S2/c1-14-9-18(25(22-14)17-3-8-30(27,28)13-17)21-19(26)11-24-6-4-23(5-7-24)10-16-12-29-15(2)20-16/h9,12,17H,3-8,10-11,13H2,1-2H3,(H,21,26). The largest absolute Gasteiger partial charge is 0.310 e. The molecule has 2 fully saturated rings. The Balaban J connectivity index is 1.28. The van der Waals surface area contributed by atoms with Gasteiger partial charge >= 0.3 is 0 Å². The maximum atomic E-state index is 12.6. The van der Waals surface area contributed by atoms with Gasteiger partial charge in [-0.05, 0) is 20.3 Å². The smallest absolute Gasteiger partial charge is 0.239 e. The van der Waals surface area contributed by atoms with Crippen LogP contribution >= 0.6 is 11.3 Å². The quantitative estimate of drug-likeness (QED) is 0.700. The fraction of sp³-hybridized carbons (Fsp3) is 0.632. The van der Waals surface area contributed by atoms with Crippen molar-refractivity contribution in [3.8, 4) is 0 Å². The van der Waals surface area contributed by atoms with Crippen LogP contribution in [0.15, 0.2) is 11.4 Å². The molecule has 1 N–H and O–H groups in total. The SMILES string of the molecule is Cc1cc(NC(=O)CN2CCN(Cc3csc(C)n3)CC2)n(C2CCS(=O)(=O)C2)n1. The molecule has 2 aromatic heterocycles. The second-order valence-corrected chi connectivity index (χ2v) is 11.4. The highest BCUT2D eigenvalue weighted by molar-refractivity contribution is 7.91. The van der Waals surface area contributed by atoms with Gasteiger partial charge in [-0.3, -0.25) is 14.6 Å². The molecule has 9 nitrogen and oxygen atoms in total. The van der Waals surface area contributed by atoms with Crippen molar-refractivity contribution >= 4 is 32.9 Å². The first-order valence-electron chi connectivity index (χ1n) is 10.2. The van der Waals surface area contributed by atoms with E-state index >= 15 is 0 Å². The minimum absolute atomic E-state index is 0.0808. The highest BCUT2D eigenvalue weighted by Gasteiger charge is 2.31. The predicted molar refractivity (Wildman–Crippen MR) is 116 cm³/mol. The Kier molecular flexibility index (Phi) is 6.24. The van der Waals surface area contributed by atoms with Crippen LogP contribution in [0.2, 0.25) is 0 Å². The Labute approximate surface area is 181 Å². The summed E-state index contributed by atoms with van der Waals surface area (Å²) in [7, 11) is -3.02. The molecule has 0 aromatic carbocycles. The second kappa shape index (κ2) is 8.74. The van der Waals surface area contributed by atoms with Crippen LogP contribution in [0.4, 0.5) is 5.82 Å². The van der Waals surface area contributed by atoms with E-state index < -0.39 is 9.84 Å². The van der Waals surface area contributed by atoms with E-state index in [9.17, 15) is 13.2 Å². The van der Waals surface area contributed by atoms with E-state index in [2.05, 4.69) is 30.6 Å². The second-order valence-electron chi connectivity index (χ2n) is 8.13. The van der Waals surface area contributed by atoms with Crippen LogP contribution in [0.3, 0.4) is 0 Å². The zero-order valence-corrected chi connectivity index (χ0v) is 19.0. The van der Waals surface area contributed by atoms with Crippen molar-refractivity contribution in [2.24, 2.45) is 0 Å². The fourth-order valence-electron chi connectivity index (χ4n) is 4.06. The molecule has 1 atom stereocenters. The van der Waals surface area contributed by atoms with Gasteiger partial charge in [0, 0.05) is 44.2 Å². The summed E-state index contributed by atoms with van der Waals surface area (Å²) < 4.78 is 25.3. The van der Waals surface area contributed by atoms with Gasteiger partial charge in [0.05, 0.1) is 40.5 Å². The number of sulfone groups is 1. The van der Waals surface area contributed by atoms with Gasteiger partial charge in [0.25, 0.3) is 0 Å². The van der Waals surface area contributed by atoms with E-state index in [0.29, 0.717) is 18.8 Å². The minimum atomic E-state index is -3.02. The Morgan fingerprint density at radius 3 is 2.60 bits per heavy atom. The summed E-state index contributed by atoms with van der Waals surface area (Å²) >= 11 is 1.67. The van der Waals surface area contributed by atoms with Crippen LogP contribution in [-0.2, 0) is 21.2 Å². The number of aromatic nitrogens is 3. The van der Waals surface area contributed by atoms with Gasteiger partial charge in [-0.1, -0.05) is 0 Å². The Bertz CT molecular complexity index is 1010. The molecule has 1 unspecified atom stereocenters. The van der Waals surface area contributed by atoms with Gasteiger partial charge in [-0.15, -0.1) is 11.3 Å². The summed E-state index contributed by atoms with van der Waals surface area (Å²) in [5.41, 5.74) is 1.88. The van der Waals surface area contributed by atoms with Gasteiger partial charge < -0.3 is 5.32 Å². The molecule has 0 spiro atoms. The van der Waals surface area contributed by atoms with Crippen molar-refractivity contribution in [2.75, 3.05) is 49.5 Å². The molecule has 30 heavy (non-hydrogen) atoms. The molecular formula is C19H28N6O3S2. The summed E-state index contributed by atoms with van der Waals surface area (Å²) in [5, 5.41) is 10.6. The number of carbonyl (C=O) groups excluding carboxylic acids is 1. The molecule has 2 aromatic rings. The number of hydrogen-bond donors (Lipinski definition) is 1. The number of piperazine rings is 1. The Hall–Kier alpha value is -1.82. The van der Waals surface area contributed by atoms with Crippen molar-refractivity contribution in [3.63, 3.8) is 0 Å². The third-order valence-corrected chi connectivity index (χ3v) is 8.14. The first-order valence-corrected chi connectivity index (χ1v) is 12.9. The molecule has 2 saturated heterocycles. The molecule has 0 bridgehead atoms. The van der Waals surface area contributed by atoms with Crippen LogP contribution in [0.5, 0.6) is 0 Å². The highest BCUT2D eigenvalue weighted by atomic mass is 32.2. The van der Waals surface area contributed by atoms with Crippen molar-refractivity contribution in [1.82, 2.24) is 24.6 Å². The number of thiazole rings is 1. The van der Waals surface area contributed by atoms with Gasteiger partial charge in [0.1, 0.15) is 5.82 Å². The average Bonchev–Trinajstić information content (AvgIpc) is 3.35. The van der Waals surface area contributed by atoms with Gasteiger partial charge in [-0.25, -0.2) is 18.1 Å². The van der Waals surface area contributed by atoms with Crippen LogP contribution < -0.4 is 5.32 Å². The van der Waals surface area contributed by atoms with Gasteiger partial charge in [0.15, 0.2) is 9.84 Å². The number of rotatable bonds is 6. The zero-order valence-electron chi connectivity index (χ0n) is 17.4. The minimum Gasteiger partial charge on any atom is -0.310 e. The van der Waals surface area contributed by atoms with E-state index in [-0.39, 0.29) is 23.5 Å². The van der Waals surface area contributed by atoms with Crippen molar-refractivity contribution < 1.29 is 13.2 Å². The monoisotopic (exact) mass is 452 g/mol. The number of nitrogens with one attached hydrogen (secondary N) is 1. The van der Waals surface area contributed by atoms with Crippen LogP contribution in [0.25, 0.3) is 0 Å². The molecule has 0 saturated carbocycles. The molecule has 2 aliphatic heterocycles. The molecule has 164 valence electrons. The lowest BCUT2D eigenvalue weighted by Gasteiger charge is -2.33. The summed E-state index contributed by atoms with van der Waals surface area (Å²) in [6.45, 7) is 8.50. The molecule has 2 aliphatic rings. The van der Waals surface area contributed by atoms with Gasteiger partial charge in [0.2, 0.25) is 5.91 Å². The third kappa shape index (κ3) is 5.26. The lowest BCUT2D eigenvalue weighted by Crippen LogP contribution is -2.48. The third-order valence-electron chi connectivity index (χ3n) is 5.56. The van der Waals surface area contributed by atoms with E-state index in [0.717, 1.165) is 49.1 Å². The Morgan fingerprint density at radius 2 is 1.97 bits per heavy atom. The maximum absolute atomic E-state index is 12.6. The van der Waals surface area contributed by atoms with Crippen LogP contribution in [0, 0.1) is 13.8 Å². The van der Waals surface area contributed by atoms with E-state index in [4.69, 9.17) is 0 Å². The number of anilines is 1. The maximum Gasteiger partial charge on any atom is 0.239 e. The molecule has 4 heterocycles. The zero-order chi connectivity index (χ0) is 21.3. The highest BCUT2D eigenvalue weighted by Crippen LogP contribution is 2.27. The first-order chi connectivity index (χ1) is 14.3. The van der Waals surface area contributed by atoms with Crippen molar-refractivity contribution in [1.29, 1.82) is 0 Å². The summed E-state index contributed by atoms with van der Waals surface area (Å²) in [6.07, 6.45) is 0.535. The van der Waals surface area contributed by atoms with E-state index in [1.807, 2.05) is 13.8 Å². The molecular weight excluding hydrogens is 424 g/mol. The van der Waals surface area contributed by atoms with Crippen molar-refractivity contribution in [2.45, 2.75) is 32.9 Å². The average molecular weight is 453 g/mol. The van der Waals surface area contributed by atoms with Crippen LogP contribution in [-0.4, -0.2) is 83.1 Å². The summed E-state index contributed by atoms with van der Waals surface area (Å²) in [6, 6.07) is 1.59. The molecule has 1 amide bonds. The first kappa shape index (κ1) is 21.4. The lowest BCUT2D eigenvalue weighted by molar-refractivity contribution is -0.117.